The number of hydrogen-bond donors (Lipinski definition) is 1. The Labute approximate surface area is 197 Å². The molecule has 34 heavy (non-hydrogen) atoms. The van der Waals surface area contributed by atoms with Crippen molar-refractivity contribution < 1.29 is 4.79 Å². The summed E-state index contributed by atoms with van der Waals surface area (Å²) in [5.41, 5.74) is 6.30. The van der Waals surface area contributed by atoms with Gasteiger partial charge in [-0.3, -0.25) is 4.79 Å². The quantitative estimate of drug-likeness (QED) is 0.400. The Kier molecular flexibility index (Phi) is 5.99. The molecule has 2 aromatic heterocycles. The number of aryl methyl sites for hydroxylation is 1. The summed E-state index contributed by atoms with van der Waals surface area (Å²) in [5.74, 6) is -0.163. The second kappa shape index (κ2) is 9.54. The minimum absolute atomic E-state index is 0.163. The number of amides is 1. The van der Waals surface area contributed by atoms with Gasteiger partial charge in [-0.2, -0.15) is 10.2 Å². The molecule has 0 fully saturated rings. The number of nitrogens with zero attached hydrogens (tertiary/aromatic N) is 5. The van der Waals surface area contributed by atoms with E-state index in [0.717, 1.165) is 22.4 Å². The van der Waals surface area contributed by atoms with Crippen molar-refractivity contribution >= 4 is 5.91 Å². The van der Waals surface area contributed by atoms with Gasteiger partial charge >= 0.3 is 0 Å². The summed E-state index contributed by atoms with van der Waals surface area (Å²) in [4.78, 5) is 17.2. The third kappa shape index (κ3) is 4.78. The van der Waals surface area contributed by atoms with E-state index < -0.39 is 0 Å². The van der Waals surface area contributed by atoms with E-state index >= 15 is 0 Å². The summed E-state index contributed by atoms with van der Waals surface area (Å²) < 4.78 is 3.53. The predicted octanol–water partition coefficient (Wildman–Crippen LogP) is 4.42. The highest BCUT2D eigenvalue weighted by atomic mass is 16.1. The third-order valence-corrected chi connectivity index (χ3v) is 5.59. The van der Waals surface area contributed by atoms with Crippen molar-refractivity contribution in [3.05, 3.63) is 120 Å². The van der Waals surface area contributed by atoms with Crippen LogP contribution in [0.5, 0.6) is 0 Å². The SMILES string of the molecule is Cc1ccc(-n2cc(C(=O)NCc3ccc(Cn4cncn4)cc3)c(-c3ccccc3)n2)cc1. The molecule has 0 spiro atoms. The van der Waals surface area contributed by atoms with Gasteiger partial charge in [0, 0.05) is 18.3 Å². The summed E-state index contributed by atoms with van der Waals surface area (Å²) in [5, 5.41) is 11.9. The van der Waals surface area contributed by atoms with E-state index in [4.69, 9.17) is 5.10 Å². The van der Waals surface area contributed by atoms with E-state index in [2.05, 4.69) is 15.4 Å². The Morgan fingerprint density at radius 1 is 0.912 bits per heavy atom. The van der Waals surface area contributed by atoms with Crippen LogP contribution >= 0.6 is 0 Å². The molecule has 0 atom stereocenters. The van der Waals surface area contributed by atoms with Gasteiger partial charge in [0.2, 0.25) is 0 Å². The largest absolute Gasteiger partial charge is 0.348 e. The zero-order valence-electron chi connectivity index (χ0n) is 18.8. The number of aromatic nitrogens is 5. The van der Waals surface area contributed by atoms with Gasteiger partial charge in [0.1, 0.15) is 18.3 Å². The number of hydrogen-bond acceptors (Lipinski definition) is 4. The van der Waals surface area contributed by atoms with Crippen molar-refractivity contribution in [1.29, 1.82) is 0 Å². The molecule has 5 rings (SSSR count). The summed E-state index contributed by atoms with van der Waals surface area (Å²) in [6.45, 7) is 3.12. The van der Waals surface area contributed by atoms with Crippen LogP contribution in [0.4, 0.5) is 0 Å². The molecule has 0 bridgehead atoms. The summed E-state index contributed by atoms with van der Waals surface area (Å²) in [6, 6.07) is 25.9. The van der Waals surface area contributed by atoms with Crippen molar-refractivity contribution in [3.63, 3.8) is 0 Å². The summed E-state index contributed by atoms with van der Waals surface area (Å²) >= 11 is 0. The first kappa shape index (κ1) is 21.3. The molecule has 1 N–H and O–H groups in total. The van der Waals surface area contributed by atoms with Crippen molar-refractivity contribution in [2.75, 3.05) is 0 Å². The highest BCUT2D eigenvalue weighted by Gasteiger charge is 2.18. The van der Waals surface area contributed by atoms with E-state index in [-0.39, 0.29) is 5.91 Å². The van der Waals surface area contributed by atoms with Crippen LogP contribution in [0.2, 0.25) is 0 Å². The first-order valence-corrected chi connectivity index (χ1v) is 11.1. The van der Waals surface area contributed by atoms with E-state index in [9.17, 15) is 4.79 Å². The van der Waals surface area contributed by atoms with Crippen LogP contribution < -0.4 is 5.32 Å². The van der Waals surface area contributed by atoms with Crippen LogP contribution in [0.1, 0.15) is 27.0 Å². The average Bonchev–Trinajstić information content (AvgIpc) is 3.55. The fraction of sp³-hybridized carbons (Fsp3) is 0.111. The summed E-state index contributed by atoms with van der Waals surface area (Å²) in [7, 11) is 0. The van der Waals surface area contributed by atoms with Crippen LogP contribution in [0.25, 0.3) is 16.9 Å². The van der Waals surface area contributed by atoms with Crippen molar-refractivity contribution in [2.24, 2.45) is 0 Å². The Hall–Kier alpha value is -4.52. The second-order valence-electron chi connectivity index (χ2n) is 8.13. The first-order chi connectivity index (χ1) is 16.7. The van der Waals surface area contributed by atoms with Crippen LogP contribution in [-0.4, -0.2) is 30.5 Å². The molecule has 7 heteroatoms. The lowest BCUT2D eigenvalue weighted by Crippen LogP contribution is -2.23. The van der Waals surface area contributed by atoms with Crippen molar-refractivity contribution in [2.45, 2.75) is 20.0 Å². The number of carbonyl (C=O) groups excluding carboxylic acids is 1. The van der Waals surface area contributed by atoms with Crippen molar-refractivity contribution in [3.8, 4) is 16.9 Å². The minimum atomic E-state index is -0.163. The number of benzene rings is 3. The van der Waals surface area contributed by atoms with E-state index in [1.165, 1.54) is 11.9 Å². The maximum absolute atomic E-state index is 13.2. The third-order valence-electron chi connectivity index (χ3n) is 5.59. The molecule has 2 heterocycles. The smallest absolute Gasteiger partial charge is 0.255 e. The van der Waals surface area contributed by atoms with Crippen LogP contribution in [0.15, 0.2) is 97.7 Å². The monoisotopic (exact) mass is 448 g/mol. The maximum atomic E-state index is 13.2. The van der Waals surface area contributed by atoms with Gasteiger partial charge in [-0.15, -0.1) is 0 Å². The van der Waals surface area contributed by atoms with Crippen LogP contribution in [0, 0.1) is 6.92 Å². The molecular weight excluding hydrogens is 424 g/mol. The lowest BCUT2D eigenvalue weighted by Gasteiger charge is -2.07. The predicted molar refractivity (Wildman–Crippen MR) is 130 cm³/mol. The van der Waals surface area contributed by atoms with E-state index in [1.54, 1.807) is 21.9 Å². The molecule has 5 aromatic rings. The fourth-order valence-electron chi connectivity index (χ4n) is 3.72. The standard InChI is InChI=1S/C27H24N6O/c1-20-7-13-24(14-8-20)33-17-25(26(31-33)23-5-3-2-4-6-23)27(34)29-15-21-9-11-22(12-10-21)16-32-19-28-18-30-32/h2-14,17-19H,15-16H2,1H3,(H,29,34). The molecule has 7 nitrogen and oxygen atoms in total. The molecule has 0 aliphatic rings. The van der Waals surface area contributed by atoms with Gasteiger partial charge in [-0.05, 0) is 30.2 Å². The number of rotatable bonds is 7. The highest BCUT2D eigenvalue weighted by molar-refractivity contribution is 5.99. The van der Waals surface area contributed by atoms with Gasteiger partial charge in [0.15, 0.2) is 0 Å². The van der Waals surface area contributed by atoms with Gasteiger partial charge < -0.3 is 5.32 Å². The Morgan fingerprint density at radius 3 is 2.35 bits per heavy atom. The fourth-order valence-corrected chi connectivity index (χ4v) is 3.72. The molecule has 0 unspecified atom stereocenters. The van der Waals surface area contributed by atoms with Gasteiger partial charge in [-0.1, -0.05) is 72.3 Å². The molecule has 3 aromatic carbocycles. The molecule has 168 valence electrons. The first-order valence-electron chi connectivity index (χ1n) is 11.1. The zero-order chi connectivity index (χ0) is 23.3. The van der Waals surface area contributed by atoms with E-state index in [0.29, 0.717) is 24.3 Å². The number of carbonyl (C=O) groups is 1. The lowest BCUT2D eigenvalue weighted by molar-refractivity contribution is 0.0951. The molecule has 1 amide bonds. The van der Waals surface area contributed by atoms with Gasteiger partial charge in [-0.25, -0.2) is 14.3 Å². The Balaban J connectivity index is 1.34. The van der Waals surface area contributed by atoms with Crippen LogP contribution in [0.3, 0.4) is 0 Å². The molecule has 0 aliphatic heterocycles. The van der Waals surface area contributed by atoms with Gasteiger partial charge in [0.05, 0.1) is 17.8 Å². The molecule has 0 aliphatic carbocycles. The minimum Gasteiger partial charge on any atom is -0.348 e. The van der Waals surface area contributed by atoms with Crippen molar-refractivity contribution in [1.82, 2.24) is 29.9 Å². The molecular formula is C27H24N6O. The zero-order valence-corrected chi connectivity index (χ0v) is 18.8. The van der Waals surface area contributed by atoms with Gasteiger partial charge in [0.25, 0.3) is 5.91 Å². The normalized spacial score (nSPS) is 10.9. The lowest BCUT2D eigenvalue weighted by atomic mass is 10.1. The number of nitrogens with one attached hydrogen (secondary N) is 1. The maximum Gasteiger partial charge on any atom is 0.255 e. The molecule has 0 saturated heterocycles. The van der Waals surface area contributed by atoms with Crippen LogP contribution in [-0.2, 0) is 13.1 Å². The molecule has 0 radical (unpaired) electrons. The summed E-state index contributed by atoms with van der Waals surface area (Å²) in [6.07, 6.45) is 5.01. The Bertz CT molecular complexity index is 1370. The average molecular weight is 449 g/mol. The second-order valence-corrected chi connectivity index (χ2v) is 8.13. The topological polar surface area (TPSA) is 77.6 Å². The van der Waals surface area contributed by atoms with E-state index in [1.807, 2.05) is 85.8 Å². The molecule has 0 saturated carbocycles. The highest BCUT2D eigenvalue weighted by Crippen LogP contribution is 2.24. The Morgan fingerprint density at radius 2 is 1.65 bits per heavy atom.